The van der Waals surface area contributed by atoms with Crippen molar-refractivity contribution in [2.75, 3.05) is 6.54 Å². The molecule has 0 saturated carbocycles. The molecule has 0 saturated heterocycles. The molecule has 10 heteroatoms. The van der Waals surface area contributed by atoms with Crippen LogP contribution in [0.15, 0.2) is 30.5 Å². The van der Waals surface area contributed by atoms with E-state index < -0.39 is 48.4 Å². The maximum Gasteiger partial charge on any atom is 0.322 e. The fraction of sp³-hybridized carbons (Fsp3) is 0.455. The summed E-state index contributed by atoms with van der Waals surface area (Å²) in [5.41, 5.74) is 7.52. The third-order valence-electron chi connectivity index (χ3n) is 4.96. The van der Waals surface area contributed by atoms with E-state index in [9.17, 15) is 19.2 Å². The Morgan fingerprint density at radius 3 is 2.38 bits per heavy atom. The van der Waals surface area contributed by atoms with Crippen molar-refractivity contribution in [1.29, 1.82) is 0 Å². The van der Waals surface area contributed by atoms with Crippen LogP contribution in [-0.4, -0.2) is 58.5 Å². The summed E-state index contributed by atoms with van der Waals surface area (Å²) < 4.78 is 0. The number of carboxylic acid groups (broad SMARTS) is 1. The average molecular weight is 446 g/mol. The van der Waals surface area contributed by atoms with Crippen LogP contribution in [0.25, 0.3) is 10.9 Å². The Morgan fingerprint density at radius 2 is 1.72 bits per heavy atom. The number of amides is 3. The number of H-pyrrole nitrogens is 1. The van der Waals surface area contributed by atoms with E-state index in [-0.39, 0.29) is 12.3 Å². The lowest BCUT2D eigenvalue weighted by atomic mass is 10.0. The van der Waals surface area contributed by atoms with Gasteiger partial charge in [0.15, 0.2) is 0 Å². The number of rotatable bonds is 11. The zero-order valence-corrected chi connectivity index (χ0v) is 18.5. The molecular formula is C22H31N5O5. The summed E-state index contributed by atoms with van der Waals surface area (Å²) in [6.45, 7) is 4.80. The molecule has 1 aromatic heterocycles. The van der Waals surface area contributed by atoms with Crippen LogP contribution >= 0.6 is 0 Å². The zero-order valence-electron chi connectivity index (χ0n) is 18.5. The minimum atomic E-state index is -1.20. The summed E-state index contributed by atoms with van der Waals surface area (Å²) in [6, 6.07) is 4.78. The quantitative estimate of drug-likeness (QED) is 0.290. The predicted octanol–water partition coefficient (Wildman–Crippen LogP) is 0.274. The van der Waals surface area contributed by atoms with Gasteiger partial charge in [0.25, 0.3) is 0 Å². The number of nitrogens with one attached hydrogen (secondary N) is 4. The summed E-state index contributed by atoms with van der Waals surface area (Å²) >= 11 is 0. The van der Waals surface area contributed by atoms with E-state index in [0.29, 0.717) is 6.42 Å². The Hall–Kier alpha value is -3.40. The van der Waals surface area contributed by atoms with E-state index in [2.05, 4.69) is 20.9 Å². The lowest BCUT2D eigenvalue weighted by Crippen LogP contribution is -2.55. The highest BCUT2D eigenvalue weighted by Crippen LogP contribution is 2.19. The maximum absolute atomic E-state index is 12.7. The van der Waals surface area contributed by atoms with Gasteiger partial charge in [-0.15, -0.1) is 0 Å². The highest BCUT2D eigenvalue weighted by molar-refractivity contribution is 5.94. The van der Waals surface area contributed by atoms with Crippen molar-refractivity contribution in [2.24, 2.45) is 11.7 Å². The van der Waals surface area contributed by atoms with E-state index in [0.717, 1.165) is 16.5 Å². The number of benzene rings is 1. The van der Waals surface area contributed by atoms with Crippen molar-refractivity contribution in [1.82, 2.24) is 20.9 Å². The minimum absolute atomic E-state index is 0.134. The van der Waals surface area contributed by atoms with Crippen molar-refractivity contribution >= 4 is 34.6 Å². The van der Waals surface area contributed by atoms with Crippen LogP contribution in [-0.2, 0) is 25.6 Å². The average Bonchev–Trinajstić information content (AvgIpc) is 3.13. The largest absolute Gasteiger partial charge is 0.480 e. The standard InChI is InChI=1S/C22H31N5O5/c1-12(2)8-16(23)21(31)26-13(3)20(30)27-18(22(32)25-11-19(28)29)9-14-10-24-17-7-5-4-6-15(14)17/h4-7,10,12-13,16,18,24H,8-9,11,23H2,1-3H3,(H,25,32)(H,26,31)(H,27,30)(H,28,29). The molecule has 0 radical (unpaired) electrons. The second kappa shape index (κ2) is 11.3. The molecule has 1 aromatic carbocycles. The van der Waals surface area contributed by atoms with Crippen molar-refractivity contribution in [3.8, 4) is 0 Å². The molecule has 0 aliphatic rings. The number of carboxylic acids is 1. The highest BCUT2D eigenvalue weighted by atomic mass is 16.4. The van der Waals surface area contributed by atoms with Gasteiger partial charge in [0.1, 0.15) is 18.6 Å². The number of carbonyl (C=O) groups excluding carboxylic acids is 3. The van der Waals surface area contributed by atoms with Gasteiger partial charge in [-0.25, -0.2) is 0 Å². The number of carbonyl (C=O) groups is 4. The molecule has 0 bridgehead atoms. The number of hydrogen-bond donors (Lipinski definition) is 6. The van der Waals surface area contributed by atoms with Crippen molar-refractivity contribution in [3.05, 3.63) is 36.0 Å². The van der Waals surface area contributed by atoms with Crippen LogP contribution in [0.4, 0.5) is 0 Å². The van der Waals surface area contributed by atoms with Gasteiger partial charge in [-0.3, -0.25) is 19.2 Å². The first kappa shape index (κ1) is 24.9. The topological polar surface area (TPSA) is 166 Å². The molecular weight excluding hydrogens is 414 g/mol. The SMILES string of the molecule is CC(C)CC(N)C(=O)NC(C)C(=O)NC(Cc1c[nH]c2ccccc12)C(=O)NCC(=O)O. The number of fused-ring (bicyclic) bond motifs is 1. The number of para-hydroxylation sites is 1. The van der Waals surface area contributed by atoms with Crippen LogP contribution in [0.5, 0.6) is 0 Å². The third kappa shape index (κ3) is 7.09. The van der Waals surface area contributed by atoms with Gasteiger partial charge in [-0.2, -0.15) is 0 Å². The molecule has 2 aromatic rings. The Bertz CT molecular complexity index is 971. The molecule has 3 atom stereocenters. The summed E-state index contributed by atoms with van der Waals surface area (Å²) in [5, 5.41) is 17.2. The molecule has 0 spiro atoms. The van der Waals surface area contributed by atoms with E-state index in [1.807, 2.05) is 38.1 Å². The van der Waals surface area contributed by atoms with Crippen LogP contribution in [0.2, 0.25) is 0 Å². The normalized spacial score (nSPS) is 13.9. The first-order valence-electron chi connectivity index (χ1n) is 10.5. The van der Waals surface area contributed by atoms with E-state index in [1.54, 1.807) is 6.20 Å². The number of nitrogens with two attached hydrogens (primary N) is 1. The summed E-state index contributed by atoms with van der Waals surface area (Å²) in [4.78, 5) is 51.5. The van der Waals surface area contributed by atoms with Gasteiger partial charge in [-0.1, -0.05) is 32.0 Å². The van der Waals surface area contributed by atoms with Crippen molar-refractivity contribution < 1.29 is 24.3 Å². The molecule has 3 unspecified atom stereocenters. The van der Waals surface area contributed by atoms with E-state index in [4.69, 9.17) is 10.8 Å². The Balaban J connectivity index is 2.11. The van der Waals surface area contributed by atoms with Crippen LogP contribution < -0.4 is 21.7 Å². The first-order valence-corrected chi connectivity index (χ1v) is 10.5. The van der Waals surface area contributed by atoms with Crippen molar-refractivity contribution in [2.45, 2.75) is 51.7 Å². The second-order valence-corrected chi connectivity index (χ2v) is 8.20. The summed E-state index contributed by atoms with van der Waals surface area (Å²) in [5.74, 6) is -2.65. The Kier molecular flexibility index (Phi) is 8.77. The second-order valence-electron chi connectivity index (χ2n) is 8.20. The molecule has 32 heavy (non-hydrogen) atoms. The molecule has 0 aliphatic heterocycles. The van der Waals surface area contributed by atoms with Crippen LogP contribution in [0.3, 0.4) is 0 Å². The molecule has 2 rings (SSSR count). The Labute approximate surface area is 186 Å². The van der Waals surface area contributed by atoms with Gasteiger partial charge in [-0.05, 0) is 30.9 Å². The molecule has 0 aliphatic carbocycles. The fourth-order valence-electron chi connectivity index (χ4n) is 3.31. The number of aromatic nitrogens is 1. The van der Waals surface area contributed by atoms with Gasteiger partial charge in [0.05, 0.1) is 6.04 Å². The lowest BCUT2D eigenvalue weighted by Gasteiger charge is -2.22. The predicted molar refractivity (Wildman–Crippen MR) is 120 cm³/mol. The monoisotopic (exact) mass is 445 g/mol. The zero-order chi connectivity index (χ0) is 23.8. The first-order chi connectivity index (χ1) is 15.1. The van der Waals surface area contributed by atoms with Gasteiger partial charge >= 0.3 is 5.97 Å². The molecule has 3 amide bonds. The van der Waals surface area contributed by atoms with Gasteiger partial charge in [0, 0.05) is 23.5 Å². The van der Waals surface area contributed by atoms with Crippen LogP contribution in [0, 0.1) is 5.92 Å². The maximum atomic E-state index is 12.7. The van der Waals surface area contributed by atoms with Gasteiger partial charge in [0.2, 0.25) is 17.7 Å². The van der Waals surface area contributed by atoms with E-state index in [1.165, 1.54) is 6.92 Å². The van der Waals surface area contributed by atoms with E-state index >= 15 is 0 Å². The fourth-order valence-corrected chi connectivity index (χ4v) is 3.31. The van der Waals surface area contributed by atoms with Crippen LogP contribution in [0.1, 0.15) is 32.8 Å². The molecule has 174 valence electrons. The smallest absolute Gasteiger partial charge is 0.322 e. The van der Waals surface area contributed by atoms with Crippen molar-refractivity contribution in [3.63, 3.8) is 0 Å². The minimum Gasteiger partial charge on any atom is -0.480 e. The third-order valence-corrected chi connectivity index (χ3v) is 4.96. The highest BCUT2D eigenvalue weighted by Gasteiger charge is 2.27. The molecule has 7 N–H and O–H groups in total. The molecule has 1 heterocycles. The summed E-state index contributed by atoms with van der Waals surface area (Å²) in [6.07, 6.45) is 2.35. The summed E-state index contributed by atoms with van der Waals surface area (Å²) in [7, 11) is 0. The number of aromatic amines is 1. The lowest BCUT2D eigenvalue weighted by molar-refractivity contribution is -0.138. The number of hydrogen-bond acceptors (Lipinski definition) is 5. The number of aliphatic carboxylic acids is 1. The van der Waals surface area contributed by atoms with Gasteiger partial charge < -0.3 is 31.8 Å². The Morgan fingerprint density at radius 1 is 1.03 bits per heavy atom. The molecule has 10 nitrogen and oxygen atoms in total. The molecule has 0 fully saturated rings.